The van der Waals surface area contributed by atoms with E-state index in [1.54, 1.807) is 16.7 Å². The third-order valence-electron chi connectivity index (χ3n) is 4.86. The van der Waals surface area contributed by atoms with E-state index in [9.17, 15) is 9.59 Å². The third-order valence-corrected chi connectivity index (χ3v) is 5.50. The van der Waals surface area contributed by atoms with Crippen molar-refractivity contribution in [3.63, 3.8) is 0 Å². The number of benzene rings is 2. The van der Waals surface area contributed by atoms with Gasteiger partial charge in [0.25, 0.3) is 0 Å². The molecule has 1 saturated heterocycles. The molecule has 7 nitrogen and oxygen atoms in total. The first kappa shape index (κ1) is 18.5. The van der Waals surface area contributed by atoms with Crippen molar-refractivity contribution in [3.05, 3.63) is 52.5 Å². The van der Waals surface area contributed by atoms with Crippen molar-refractivity contribution in [2.24, 2.45) is 7.05 Å². The molecule has 144 valence electrons. The van der Waals surface area contributed by atoms with Gasteiger partial charge in [0.05, 0.1) is 19.2 Å². The van der Waals surface area contributed by atoms with E-state index in [0.29, 0.717) is 12.4 Å². The van der Waals surface area contributed by atoms with Gasteiger partial charge in [-0.15, -0.1) is 0 Å². The number of amides is 3. The monoisotopic (exact) mass is 442 g/mol. The summed E-state index contributed by atoms with van der Waals surface area (Å²) in [5, 5.41) is 5.42. The highest BCUT2D eigenvalue weighted by Gasteiger charge is 2.35. The molecule has 1 aliphatic rings. The minimum absolute atomic E-state index is 0.182. The van der Waals surface area contributed by atoms with Gasteiger partial charge in [-0.2, -0.15) is 5.10 Å². The largest absolute Gasteiger partial charge is 0.497 e. The van der Waals surface area contributed by atoms with Crippen molar-refractivity contribution in [3.8, 4) is 5.75 Å². The first-order valence-corrected chi connectivity index (χ1v) is 9.65. The number of hydrogen-bond acceptors (Lipinski definition) is 4. The molecule has 0 atom stereocenters. The molecule has 0 unspecified atom stereocenters. The maximum Gasteiger partial charge on any atom is 0.332 e. The van der Waals surface area contributed by atoms with Gasteiger partial charge in [-0.05, 0) is 45.8 Å². The van der Waals surface area contributed by atoms with Gasteiger partial charge in [0.1, 0.15) is 5.75 Å². The zero-order valence-corrected chi connectivity index (χ0v) is 17.1. The number of anilines is 1. The number of aromatic nitrogens is 2. The van der Waals surface area contributed by atoms with Crippen LogP contribution in [0.25, 0.3) is 10.9 Å². The smallest absolute Gasteiger partial charge is 0.332 e. The van der Waals surface area contributed by atoms with Gasteiger partial charge in [0.2, 0.25) is 5.91 Å². The Labute approximate surface area is 170 Å². The van der Waals surface area contributed by atoms with E-state index in [1.165, 1.54) is 4.90 Å². The number of halogens is 1. The van der Waals surface area contributed by atoms with Gasteiger partial charge in [-0.25, -0.2) is 4.79 Å². The predicted octanol–water partition coefficient (Wildman–Crippen LogP) is 3.70. The Hall–Kier alpha value is -2.87. The maximum absolute atomic E-state index is 13.1. The third kappa shape index (κ3) is 3.13. The first-order valence-electron chi connectivity index (χ1n) is 8.85. The quantitative estimate of drug-likeness (QED) is 0.617. The van der Waals surface area contributed by atoms with Crippen molar-refractivity contribution in [1.29, 1.82) is 0 Å². The lowest BCUT2D eigenvalue weighted by Gasteiger charge is -2.33. The van der Waals surface area contributed by atoms with Crippen LogP contribution in [0.2, 0.25) is 0 Å². The Bertz CT molecular complexity index is 1060. The number of rotatable bonds is 4. The number of ether oxygens (including phenoxy) is 1. The van der Waals surface area contributed by atoms with Crippen LogP contribution in [0.4, 0.5) is 10.6 Å². The Balaban J connectivity index is 1.66. The number of nitrogens with zero attached hydrogens (tertiary/aromatic N) is 4. The molecule has 1 aromatic heterocycles. The molecule has 2 aromatic carbocycles. The Kier molecular flexibility index (Phi) is 4.80. The summed E-state index contributed by atoms with van der Waals surface area (Å²) in [6.07, 6.45) is 0.258. The topological polar surface area (TPSA) is 67.7 Å². The highest BCUT2D eigenvalue weighted by molar-refractivity contribution is 9.10. The van der Waals surface area contributed by atoms with Crippen molar-refractivity contribution >= 4 is 44.6 Å². The molecule has 3 amide bonds. The SMILES string of the molecule is COc1ccc(CN2C(=O)CCN(c3nn(C)c4c(Br)cccc34)C2=O)cc1. The Morgan fingerprint density at radius 1 is 1.14 bits per heavy atom. The second-order valence-corrected chi connectivity index (χ2v) is 7.45. The van der Waals surface area contributed by atoms with Gasteiger partial charge < -0.3 is 4.74 Å². The van der Waals surface area contributed by atoms with E-state index in [0.717, 1.165) is 26.7 Å². The van der Waals surface area contributed by atoms with Gasteiger partial charge in [-0.1, -0.05) is 18.2 Å². The molecular weight excluding hydrogens is 424 g/mol. The van der Waals surface area contributed by atoms with Gasteiger partial charge >= 0.3 is 6.03 Å². The van der Waals surface area contributed by atoms with Crippen molar-refractivity contribution in [2.75, 3.05) is 18.6 Å². The van der Waals surface area contributed by atoms with Crippen LogP contribution < -0.4 is 9.64 Å². The molecule has 8 heteroatoms. The lowest BCUT2D eigenvalue weighted by atomic mass is 10.1. The Morgan fingerprint density at radius 2 is 1.89 bits per heavy atom. The predicted molar refractivity (Wildman–Crippen MR) is 109 cm³/mol. The van der Waals surface area contributed by atoms with E-state index in [2.05, 4.69) is 21.0 Å². The molecule has 0 saturated carbocycles. The fraction of sp³-hybridized carbons (Fsp3) is 0.250. The molecule has 0 spiro atoms. The molecule has 1 fully saturated rings. The molecule has 0 bridgehead atoms. The molecule has 3 aromatic rings. The minimum atomic E-state index is -0.355. The molecule has 28 heavy (non-hydrogen) atoms. The molecule has 0 N–H and O–H groups in total. The number of urea groups is 1. The van der Waals surface area contributed by atoms with E-state index < -0.39 is 0 Å². The van der Waals surface area contributed by atoms with Crippen molar-refractivity contribution in [1.82, 2.24) is 14.7 Å². The van der Waals surface area contributed by atoms with E-state index >= 15 is 0 Å². The number of carbonyl (C=O) groups excluding carboxylic acids is 2. The summed E-state index contributed by atoms with van der Waals surface area (Å²) in [5.74, 6) is 1.11. The van der Waals surface area contributed by atoms with Gasteiger partial charge in [0.15, 0.2) is 5.82 Å². The number of hydrogen-bond donors (Lipinski definition) is 0. The van der Waals surface area contributed by atoms with Gasteiger partial charge in [-0.3, -0.25) is 19.3 Å². The van der Waals surface area contributed by atoms with E-state index in [4.69, 9.17) is 4.74 Å². The molecule has 0 aliphatic carbocycles. The van der Waals surface area contributed by atoms with Crippen LogP contribution in [0.1, 0.15) is 12.0 Å². The number of imide groups is 1. The number of para-hydroxylation sites is 1. The summed E-state index contributed by atoms with van der Waals surface area (Å²) >= 11 is 3.54. The average Bonchev–Trinajstić information content (AvgIpc) is 3.03. The second kappa shape index (κ2) is 7.27. The number of fused-ring (bicyclic) bond motifs is 1. The summed E-state index contributed by atoms with van der Waals surface area (Å²) in [4.78, 5) is 28.5. The molecule has 0 radical (unpaired) electrons. The molecule has 1 aliphatic heterocycles. The minimum Gasteiger partial charge on any atom is -0.497 e. The summed E-state index contributed by atoms with van der Waals surface area (Å²) < 4.78 is 7.81. The summed E-state index contributed by atoms with van der Waals surface area (Å²) in [6.45, 7) is 0.530. The summed E-state index contributed by atoms with van der Waals surface area (Å²) in [7, 11) is 3.44. The molecule has 2 heterocycles. The highest BCUT2D eigenvalue weighted by Crippen LogP contribution is 2.32. The fourth-order valence-corrected chi connectivity index (χ4v) is 4.05. The van der Waals surface area contributed by atoms with Crippen LogP contribution in [-0.4, -0.2) is 40.3 Å². The van der Waals surface area contributed by atoms with E-state index in [-0.39, 0.29) is 24.9 Å². The first-order chi connectivity index (χ1) is 13.5. The Morgan fingerprint density at radius 3 is 2.61 bits per heavy atom. The van der Waals surface area contributed by atoms with Crippen LogP contribution in [0.5, 0.6) is 5.75 Å². The van der Waals surface area contributed by atoms with Crippen LogP contribution in [0, 0.1) is 0 Å². The summed E-state index contributed by atoms with van der Waals surface area (Å²) in [6, 6.07) is 12.8. The van der Waals surface area contributed by atoms with Crippen molar-refractivity contribution in [2.45, 2.75) is 13.0 Å². The van der Waals surface area contributed by atoms with E-state index in [1.807, 2.05) is 49.5 Å². The van der Waals surface area contributed by atoms with Crippen LogP contribution >= 0.6 is 15.9 Å². The zero-order valence-electron chi connectivity index (χ0n) is 15.6. The lowest BCUT2D eigenvalue weighted by molar-refractivity contribution is -0.129. The van der Waals surface area contributed by atoms with Crippen LogP contribution in [0.15, 0.2) is 46.9 Å². The lowest BCUT2D eigenvalue weighted by Crippen LogP contribution is -2.52. The number of methoxy groups -OCH3 is 1. The molecule has 4 rings (SSSR count). The van der Waals surface area contributed by atoms with Gasteiger partial charge in [0, 0.05) is 29.9 Å². The second-order valence-electron chi connectivity index (χ2n) is 6.60. The molecular formula is C20H19BrN4O3. The standard InChI is InChI=1S/C20H19BrN4O3/c1-23-18-15(4-3-5-16(18)21)19(22-23)24-11-10-17(26)25(20(24)27)12-13-6-8-14(28-2)9-7-13/h3-9H,10-12H2,1-2H3. The number of carbonyl (C=O) groups is 2. The fourth-order valence-electron chi connectivity index (χ4n) is 3.43. The normalized spacial score (nSPS) is 14.8. The zero-order chi connectivity index (χ0) is 19.8. The average molecular weight is 443 g/mol. The van der Waals surface area contributed by atoms with Crippen LogP contribution in [-0.2, 0) is 18.4 Å². The maximum atomic E-state index is 13.1. The number of aryl methyl sites for hydroxylation is 1. The highest BCUT2D eigenvalue weighted by atomic mass is 79.9. The van der Waals surface area contributed by atoms with Crippen molar-refractivity contribution < 1.29 is 14.3 Å². The van der Waals surface area contributed by atoms with Crippen LogP contribution in [0.3, 0.4) is 0 Å². The summed E-state index contributed by atoms with van der Waals surface area (Å²) in [5.41, 5.74) is 1.77.